The molecule has 3 rings (SSSR count). The van der Waals surface area contributed by atoms with E-state index in [1.807, 2.05) is 39.8 Å². The molecular weight excluding hydrogens is 274 g/mol. The van der Waals surface area contributed by atoms with Crippen molar-refractivity contribution in [2.75, 3.05) is 0 Å². The molecule has 0 atom stereocenters. The molecule has 0 saturated carbocycles. The normalized spacial score (nSPS) is 23.2. The molecule has 1 aliphatic heterocycles. The third-order valence-corrected chi connectivity index (χ3v) is 4.98. The van der Waals surface area contributed by atoms with E-state index in [2.05, 4.69) is 0 Å². The molecule has 106 valence electrons. The van der Waals surface area contributed by atoms with Crippen molar-refractivity contribution < 1.29 is 14.1 Å². The molecule has 0 amide bonds. The Morgan fingerprint density at radius 2 is 1.70 bits per heavy atom. The molecule has 5 heteroatoms. The second-order valence-corrected chi connectivity index (χ2v) is 6.95. The van der Waals surface area contributed by atoms with Crippen molar-refractivity contribution in [2.24, 2.45) is 0 Å². The van der Waals surface area contributed by atoms with Crippen LogP contribution in [0.25, 0.3) is 0 Å². The summed E-state index contributed by atoms with van der Waals surface area (Å²) in [6, 6.07) is 3.74. The van der Waals surface area contributed by atoms with Crippen molar-refractivity contribution in [3.05, 3.63) is 28.3 Å². The van der Waals surface area contributed by atoms with Crippen molar-refractivity contribution in [2.45, 2.75) is 51.7 Å². The molecule has 0 N–H and O–H groups in total. The molecule has 1 aromatic carbocycles. The van der Waals surface area contributed by atoms with E-state index in [0.29, 0.717) is 11.4 Å². The first kappa shape index (κ1) is 14.1. The summed E-state index contributed by atoms with van der Waals surface area (Å²) in [5, 5.41) is 0.637. The molecule has 1 heterocycles. The van der Waals surface area contributed by atoms with E-state index in [1.54, 1.807) is 0 Å². The minimum Gasteiger partial charge on any atom is -0.399 e. The van der Waals surface area contributed by atoms with Gasteiger partial charge in [-0.3, -0.25) is 4.79 Å². The summed E-state index contributed by atoms with van der Waals surface area (Å²) in [6.45, 7) is 8.03. The smallest absolute Gasteiger partial charge is 0.399 e. The molecule has 20 heavy (non-hydrogen) atoms. The van der Waals surface area contributed by atoms with Crippen molar-refractivity contribution >= 4 is 30.0 Å². The number of rotatable bonds is 1. The number of fused-ring (bicyclic) bond motifs is 1. The molecule has 1 aliphatic carbocycles. The lowest BCUT2D eigenvalue weighted by atomic mass is 9.78. The molecule has 0 radical (unpaired) electrons. The van der Waals surface area contributed by atoms with Crippen LogP contribution in [0.1, 0.15) is 50.0 Å². The molecule has 0 spiro atoms. The van der Waals surface area contributed by atoms with Gasteiger partial charge in [0.15, 0.2) is 5.78 Å². The Hall–Kier alpha value is -0.835. The van der Waals surface area contributed by atoms with E-state index >= 15 is 0 Å². The van der Waals surface area contributed by atoms with Gasteiger partial charge in [-0.05, 0) is 51.2 Å². The largest absolute Gasteiger partial charge is 0.494 e. The summed E-state index contributed by atoms with van der Waals surface area (Å²) >= 11 is 6.30. The van der Waals surface area contributed by atoms with Crippen molar-refractivity contribution in [1.82, 2.24) is 0 Å². The maximum Gasteiger partial charge on any atom is 0.494 e. The maximum atomic E-state index is 11.9. The highest BCUT2D eigenvalue weighted by atomic mass is 35.5. The van der Waals surface area contributed by atoms with Crippen molar-refractivity contribution in [3.63, 3.8) is 0 Å². The average molecular weight is 293 g/mol. The summed E-state index contributed by atoms with van der Waals surface area (Å²) in [5.41, 5.74) is 1.71. The predicted molar refractivity (Wildman–Crippen MR) is 79.8 cm³/mol. The van der Waals surface area contributed by atoms with Gasteiger partial charge < -0.3 is 9.31 Å². The number of halogens is 1. The van der Waals surface area contributed by atoms with Crippen LogP contribution in [-0.2, 0) is 15.7 Å². The first-order chi connectivity index (χ1) is 9.21. The maximum absolute atomic E-state index is 11.9. The fourth-order valence-corrected chi connectivity index (χ4v) is 2.97. The molecule has 2 aliphatic rings. The van der Waals surface area contributed by atoms with Gasteiger partial charge >= 0.3 is 7.12 Å². The third kappa shape index (κ3) is 2.02. The Balaban J connectivity index is 1.99. The van der Waals surface area contributed by atoms with Crippen LogP contribution in [0.4, 0.5) is 0 Å². The molecule has 1 aromatic rings. The number of hydrogen-bond acceptors (Lipinski definition) is 3. The van der Waals surface area contributed by atoms with E-state index in [4.69, 9.17) is 20.9 Å². The monoisotopic (exact) mass is 292 g/mol. The predicted octanol–water partition coefficient (Wildman–Crippen LogP) is 2.77. The Labute approximate surface area is 124 Å². The van der Waals surface area contributed by atoms with E-state index in [1.165, 1.54) is 0 Å². The van der Waals surface area contributed by atoms with Crippen LogP contribution in [0.5, 0.6) is 0 Å². The van der Waals surface area contributed by atoms with Gasteiger partial charge in [-0.2, -0.15) is 0 Å². The Morgan fingerprint density at radius 3 is 2.30 bits per heavy atom. The highest BCUT2D eigenvalue weighted by Gasteiger charge is 2.52. The summed E-state index contributed by atoms with van der Waals surface area (Å²) in [7, 11) is -0.476. The fourth-order valence-electron chi connectivity index (χ4n) is 2.65. The zero-order chi connectivity index (χ0) is 14.7. The first-order valence-corrected chi connectivity index (χ1v) is 7.30. The Kier molecular flexibility index (Phi) is 3.05. The fraction of sp³-hybridized carbons (Fsp3) is 0.533. The lowest BCUT2D eigenvalue weighted by Gasteiger charge is -2.32. The number of carbonyl (C=O) groups is 1. The topological polar surface area (TPSA) is 35.5 Å². The number of ketones is 1. The SMILES string of the molecule is CC1(C)OB(c2cc(Cl)c3c(c2)C(=O)CC3)OC1(C)C. The zero-order valence-electron chi connectivity index (χ0n) is 12.2. The first-order valence-electron chi connectivity index (χ1n) is 6.92. The van der Waals surface area contributed by atoms with Crippen molar-refractivity contribution in [3.8, 4) is 0 Å². The minimum absolute atomic E-state index is 0.153. The van der Waals surface area contributed by atoms with Gasteiger partial charge in [-0.15, -0.1) is 0 Å². The second-order valence-electron chi connectivity index (χ2n) is 6.54. The van der Waals surface area contributed by atoms with Crippen LogP contribution in [-0.4, -0.2) is 24.1 Å². The summed E-state index contributed by atoms with van der Waals surface area (Å²) in [4.78, 5) is 11.9. The minimum atomic E-state index is -0.476. The molecule has 0 unspecified atom stereocenters. The second kappa shape index (κ2) is 4.33. The van der Waals surface area contributed by atoms with Gasteiger partial charge in [0, 0.05) is 17.0 Å². The third-order valence-electron chi connectivity index (χ3n) is 4.65. The molecule has 1 fully saturated rings. The van der Waals surface area contributed by atoms with Gasteiger partial charge in [0.2, 0.25) is 0 Å². The van der Waals surface area contributed by atoms with E-state index in [9.17, 15) is 4.79 Å². The van der Waals surface area contributed by atoms with Crippen LogP contribution >= 0.6 is 11.6 Å². The quantitative estimate of drug-likeness (QED) is 0.747. The van der Waals surface area contributed by atoms with E-state index in [-0.39, 0.29) is 5.78 Å². The zero-order valence-corrected chi connectivity index (χ0v) is 13.0. The van der Waals surface area contributed by atoms with Crippen LogP contribution < -0.4 is 5.46 Å². The average Bonchev–Trinajstić information content (AvgIpc) is 2.79. The van der Waals surface area contributed by atoms with Crippen LogP contribution in [0.3, 0.4) is 0 Å². The highest BCUT2D eigenvalue weighted by Crippen LogP contribution is 2.37. The Bertz CT molecular complexity index is 579. The van der Waals surface area contributed by atoms with Gasteiger partial charge in [-0.1, -0.05) is 17.7 Å². The van der Waals surface area contributed by atoms with Gasteiger partial charge in [0.25, 0.3) is 0 Å². The molecule has 0 aromatic heterocycles. The van der Waals surface area contributed by atoms with Crippen LogP contribution in [0.2, 0.25) is 5.02 Å². The van der Waals surface area contributed by atoms with E-state index in [0.717, 1.165) is 23.0 Å². The lowest BCUT2D eigenvalue weighted by Crippen LogP contribution is -2.41. The number of Topliss-reactive ketones (excluding diaryl/α,β-unsaturated/α-hetero) is 1. The van der Waals surface area contributed by atoms with Crippen LogP contribution in [0, 0.1) is 0 Å². The number of carbonyl (C=O) groups excluding carboxylic acids is 1. The van der Waals surface area contributed by atoms with Crippen LogP contribution in [0.15, 0.2) is 12.1 Å². The standard InChI is InChI=1S/C15H18BClO3/c1-14(2)15(3,4)20-16(19-14)9-7-11-10(12(17)8-9)5-6-13(11)18/h7-8H,5-6H2,1-4H3. The summed E-state index contributed by atoms with van der Waals surface area (Å²) in [5.74, 6) is 0.153. The molecular formula is C15H18BClO3. The van der Waals surface area contributed by atoms with Crippen molar-refractivity contribution in [1.29, 1.82) is 0 Å². The summed E-state index contributed by atoms with van der Waals surface area (Å²) in [6.07, 6.45) is 1.28. The van der Waals surface area contributed by atoms with Gasteiger partial charge in [0.1, 0.15) is 0 Å². The molecule has 3 nitrogen and oxygen atoms in total. The summed E-state index contributed by atoms with van der Waals surface area (Å²) < 4.78 is 12.0. The number of benzene rings is 1. The lowest BCUT2D eigenvalue weighted by molar-refractivity contribution is 0.00578. The van der Waals surface area contributed by atoms with Gasteiger partial charge in [-0.25, -0.2) is 0 Å². The van der Waals surface area contributed by atoms with Gasteiger partial charge in [0.05, 0.1) is 11.2 Å². The van der Waals surface area contributed by atoms with E-state index < -0.39 is 18.3 Å². The highest BCUT2D eigenvalue weighted by molar-refractivity contribution is 6.62. The number of hydrogen-bond donors (Lipinski definition) is 0. The molecule has 1 saturated heterocycles. The Morgan fingerprint density at radius 1 is 1.10 bits per heavy atom. The molecule has 0 bridgehead atoms.